The van der Waals surface area contributed by atoms with Crippen LogP contribution in [0.15, 0.2) is 42.6 Å². The van der Waals surface area contributed by atoms with E-state index >= 15 is 0 Å². The van der Waals surface area contributed by atoms with Crippen LogP contribution in [0.25, 0.3) is 10.9 Å². The van der Waals surface area contributed by atoms with E-state index in [0.29, 0.717) is 24.8 Å². The molecule has 1 N–H and O–H groups in total. The monoisotopic (exact) mass is 328 g/mol. The van der Waals surface area contributed by atoms with Gasteiger partial charge in [-0.25, -0.2) is 0 Å². The van der Waals surface area contributed by atoms with Crippen LogP contribution in [0, 0.1) is 17.8 Å². The van der Waals surface area contributed by atoms with Gasteiger partial charge in [0, 0.05) is 41.6 Å². The third kappa shape index (κ3) is 2.90. The van der Waals surface area contributed by atoms with Gasteiger partial charge in [-0.05, 0) is 48.8 Å². The van der Waals surface area contributed by atoms with Gasteiger partial charge in [-0.3, -0.25) is 4.79 Å². The minimum Gasteiger partial charge on any atom is -0.356 e. The summed E-state index contributed by atoms with van der Waals surface area (Å²) in [6.07, 6.45) is 9.71. The lowest BCUT2D eigenvalue weighted by Gasteiger charge is -2.18. The van der Waals surface area contributed by atoms with Gasteiger partial charge < -0.3 is 9.88 Å². The molecule has 23 heavy (non-hydrogen) atoms. The predicted octanol–water partition coefficient (Wildman–Crippen LogP) is 4.01. The van der Waals surface area contributed by atoms with E-state index < -0.39 is 0 Å². The zero-order valence-corrected chi connectivity index (χ0v) is 13.8. The molecule has 4 rings (SSSR count). The summed E-state index contributed by atoms with van der Waals surface area (Å²) in [5.74, 6) is 2.23. The molecule has 0 saturated heterocycles. The number of fused-ring (bicyclic) bond motifs is 3. The van der Waals surface area contributed by atoms with Gasteiger partial charge in [0.05, 0.1) is 0 Å². The summed E-state index contributed by atoms with van der Waals surface area (Å²) in [6, 6.07) is 7.90. The standard InChI is InChI=1S/C19H21ClN2O/c20-17-2-1-3-18-16(17)6-8-22(18)9-7-19(23)21-12-15-11-13-4-5-14(15)10-13/h1-6,8,13-15H,7,9-12H2,(H,21,23)/t13-,14+,15+/m1/s1. The van der Waals surface area contributed by atoms with Crippen LogP contribution < -0.4 is 5.32 Å². The molecule has 2 aromatic rings. The van der Waals surface area contributed by atoms with Gasteiger partial charge in [-0.1, -0.05) is 29.8 Å². The number of amides is 1. The molecule has 1 saturated carbocycles. The Morgan fingerprint density at radius 2 is 2.17 bits per heavy atom. The van der Waals surface area contributed by atoms with Crippen LogP contribution in [-0.4, -0.2) is 17.0 Å². The Labute approximate surface area is 141 Å². The lowest BCUT2D eigenvalue weighted by molar-refractivity contribution is -0.121. The third-order valence-corrected chi connectivity index (χ3v) is 5.65. The molecule has 0 radical (unpaired) electrons. The van der Waals surface area contributed by atoms with Gasteiger partial charge in [0.15, 0.2) is 0 Å². The molecule has 3 nitrogen and oxygen atoms in total. The topological polar surface area (TPSA) is 34.0 Å². The first-order valence-corrected chi connectivity index (χ1v) is 8.77. The number of aryl methyl sites for hydroxylation is 1. The van der Waals surface area contributed by atoms with Gasteiger partial charge >= 0.3 is 0 Å². The van der Waals surface area contributed by atoms with E-state index in [1.165, 1.54) is 12.8 Å². The second-order valence-electron chi connectivity index (χ2n) is 6.78. The molecule has 2 bridgehead atoms. The number of nitrogens with zero attached hydrogens (tertiary/aromatic N) is 1. The van der Waals surface area contributed by atoms with Gasteiger partial charge in [0.1, 0.15) is 0 Å². The van der Waals surface area contributed by atoms with Crippen molar-refractivity contribution in [3.05, 3.63) is 47.6 Å². The lowest BCUT2D eigenvalue weighted by Crippen LogP contribution is -2.31. The summed E-state index contributed by atoms with van der Waals surface area (Å²) in [5, 5.41) is 4.92. The Kier molecular flexibility index (Phi) is 3.90. The van der Waals surface area contributed by atoms with E-state index in [9.17, 15) is 4.79 Å². The van der Waals surface area contributed by atoms with Crippen molar-refractivity contribution in [1.29, 1.82) is 0 Å². The van der Waals surface area contributed by atoms with Crippen LogP contribution in [0.3, 0.4) is 0 Å². The molecular weight excluding hydrogens is 308 g/mol. The number of hydrogen-bond donors (Lipinski definition) is 1. The molecule has 2 aliphatic rings. The normalized spacial score (nSPS) is 25.3. The first-order valence-electron chi connectivity index (χ1n) is 8.39. The Hall–Kier alpha value is -1.74. The molecule has 1 fully saturated rings. The maximum Gasteiger partial charge on any atom is 0.221 e. The summed E-state index contributed by atoms with van der Waals surface area (Å²) >= 11 is 6.19. The van der Waals surface area contributed by atoms with Crippen molar-refractivity contribution in [2.45, 2.75) is 25.8 Å². The first kappa shape index (κ1) is 14.8. The molecule has 4 heteroatoms. The van der Waals surface area contributed by atoms with Gasteiger partial charge in [0.2, 0.25) is 5.91 Å². The second kappa shape index (κ2) is 6.04. The zero-order valence-electron chi connectivity index (χ0n) is 13.0. The number of rotatable bonds is 5. The number of carbonyl (C=O) groups is 1. The summed E-state index contributed by atoms with van der Waals surface area (Å²) < 4.78 is 2.10. The SMILES string of the molecule is O=C(CCn1ccc2c(Cl)cccc21)NC[C@@H]1C[C@@H]2C=C[C@H]1C2. The highest BCUT2D eigenvalue weighted by atomic mass is 35.5. The van der Waals surface area contributed by atoms with Gasteiger partial charge in [-0.15, -0.1) is 0 Å². The average molecular weight is 329 g/mol. The van der Waals surface area contributed by atoms with Crippen LogP contribution in [0.1, 0.15) is 19.3 Å². The predicted molar refractivity (Wildman–Crippen MR) is 93.4 cm³/mol. The molecule has 0 unspecified atom stereocenters. The highest BCUT2D eigenvalue weighted by Crippen LogP contribution is 2.42. The highest BCUT2D eigenvalue weighted by Gasteiger charge is 2.35. The third-order valence-electron chi connectivity index (χ3n) is 5.32. The van der Waals surface area contributed by atoms with Crippen molar-refractivity contribution in [3.8, 4) is 0 Å². The molecule has 120 valence electrons. The van der Waals surface area contributed by atoms with E-state index in [-0.39, 0.29) is 5.91 Å². The number of halogens is 1. The number of hydrogen-bond acceptors (Lipinski definition) is 1. The largest absolute Gasteiger partial charge is 0.356 e. The van der Waals surface area contributed by atoms with Crippen molar-refractivity contribution in [3.63, 3.8) is 0 Å². The second-order valence-corrected chi connectivity index (χ2v) is 7.18. The number of nitrogens with one attached hydrogen (secondary N) is 1. The van der Waals surface area contributed by atoms with E-state index in [2.05, 4.69) is 22.0 Å². The Morgan fingerprint density at radius 1 is 1.26 bits per heavy atom. The molecule has 0 spiro atoms. The minimum absolute atomic E-state index is 0.139. The Morgan fingerprint density at radius 3 is 2.96 bits per heavy atom. The molecule has 3 atom stereocenters. The minimum atomic E-state index is 0.139. The average Bonchev–Trinajstić information content (AvgIpc) is 3.26. The van der Waals surface area contributed by atoms with Crippen molar-refractivity contribution < 1.29 is 4.79 Å². The zero-order chi connectivity index (χ0) is 15.8. The summed E-state index contributed by atoms with van der Waals surface area (Å²) in [4.78, 5) is 12.1. The Bertz CT molecular complexity index is 764. The van der Waals surface area contributed by atoms with Crippen molar-refractivity contribution >= 4 is 28.4 Å². The van der Waals surface area contributed by atoms with E-state index in [4.69, 9.17) is 11.6 Å². The fourth-order valence-corrected chi connectivity index (χ4v) is 4.30. The van der Waals surface area contributed by atoms with Crippen LogP contribution in [-0.2, 0) is 11.3 Å². The molecule has 1 aromatic carbocycles. The van der Waals surface area contributed by atoms with Crippen molar-refractivity contribution in [1.82, 2.24) is 9.88 Å². The van der Waals surface area contributed by atoms with Crippen molar-refractivity contribution in [2.75, 3.05) is 6.54 Å². The molecular formula is C19H21ClN2O. The van der Waals surface area contributed by atoms with E-state index in [1.54, 1.807) is 0 Å². The Balaban J connectivity index is 1.31. The van der Waals surface area contributed by atoms with Gasteiger partial charge in [0.25, 0.3) is 0 Å². The number of aromatic nitrogens is 1. The fraction of sp³-hybridized carbons (Fsp3) is 0.421. The molecule has 0 aliphatic heterocycles. The molecule has 2 aliphatic carbocycles. The van der Waals surface area contributed by atoms with Crippen LogP contribution in [0.2, 0.25) is 5.02 Å². The summed E-state index contributed by atoms with van der Waals surface area (Å²) in [6.45, 7) is 1.51. The van der Waals surface area contributed by atoms with Crippen LogP contribution in [0.5, 0.6) is 0 Å². The quantitative estimate of drug-likeness (QED) is 0.827. The molecule has 1 amide bonds. The number of benzene rings is 1. The maximum atomic E-state index is 12.1. The molecule has 1 heterocycles. The van der Waals surface area contributed by atoms with E-state index in [1.807, 2.05) is 30.5 Å². The van der Waals surface area contributed by atoms with Crippen LogP contribution in [0.4, 0.5) is 0 Å². The fourth-order valence-electron chi connectivity index (χ4n) is 4.07. The van der Waals surface area contributed by atoms with Gasteiger partial charge in [-0.2, -0.15) is 0 Å². The highest BCUT2D eigenvalue weighted by molar-refractivity contribution is 6.35. The lowest BCUT2D eigenvalue weighted by atomic mass is 9.93. The van der Waals surface area contributed by atoms with E-state index in [0.717, 1.165) is 28.4 Å². The number of allylic oxidation sites excluding steroid dienone is 2. The maximum absolute atomic E-state index is 12.1. The molecule has 1 aromatic heterocycles. The first-order chi connectivity index (χ1) is 11.2. The smallest absolute Gasteiger partial charge is 0.221 e. The summed E-state index contributed by atoms with van der Waals surface area (Å²) in [7, 11) is 0. The van der Waals surface area contributed by atoms with Crippen molar-refractivity contribution in [2.24, 2.45) is 17.8 Å². The summed E-state index contributed by atoms with van der Waals surface area (Å²) in [5.41, 5.74) is 1.09. The van der Waals surface area contributed by atoms with Crippen LogP contribution >= 0.6 is 11.6 Å². The number of carbonyl (C=O) groups excluding carboxylic acids is 1.